The highest BCUT2D eigenvalue weighted by Gasteiger charge is 2.26. The first kappa shape index (κ1) is 13.9. The van der Waals surface area contributed by atoms with Crippen LogP contribution in [0, 0.1) is 5.92 Å². The molecule has 6 nitrogen and oxygen atoms in total. The van der Waals surface area contributed by atoms with Crippen LogP contribution in [0.15, 0.2) is 6.33 Å². The second-order valence-corrected chi connectivity index (χ2v) is 4.79. The number of hydrogen-bond donors (Lipinski definition) is 2. The number of hydrogen-bond acceptors (Lipinski definition) is 6. The van der Waals surface area contributed by atoms with Crippen LogP contribution in [0.1, 0.15) is 19.8 Å². The third-order valence-corrected chi connectivity index (χ3v) is 3.38. The zero-order chi connectivity index (χ0) is 13.7. The number of nitrogens with zero attached hydrogens (tertiary/aromatic N) is 3. The van der Waals surface area contributed by atoms with Crippen molar-refractivity contribution in [2.24, 2.45) is 5.92 Å². The van der Waals surface area contributed by atoms with Gasteiger partial charge in [-0.05, 0) is 12.8 Å². The average Bonchev–Trinajstić information content (AvgIpc) is 2.93. The van der Waals surface area contributed by atoms with Crippen LogP contribution >= 0.6 is 0 Å². The molecule has 2 heterocycles. The summed E-state index contributed by atoms with van der Waals surface area (Å²) in [6, 6.07) is 0. The van der Waals surface area contributed by atoms with Gasteiger partial charge in [0.2, 0.25) is 5.75 Å². The molecule has 0 bridgehead atoms. The Morgan fingerprint density at radius 3 is 3.00 bits per heavy atom. The van der Waals surface area contributed by atoms with Gasteiger partial charge >= 0.3 is 0 Å². The molecule has 1 atom stereocenters. The molecule has 19 heavy (non-hydrogen) atoms. The topological polar surface area (TPSA) is 70.5 Å². The molecule has 0 amide bonds. The summed E-state index contributed by atoms with van der Waals surface area (Å²) >= 11 is 0. The lowest BCUT2D eigenvalue weighted by Crippen LogP contribution is -2.23. The van der Waals surface area contributed by atoms with E-state index in [0.29, 0.717) is 11.7 Å². The number of nitrogens with one attached hydrogen (secondary N) is 1. The molecular weight excluding hydrogens is 244 g/mol. The van der Waals surface area contributed by atoms with Crippen LogP contribution in [0.2, 0.25) is 0 Å². The summed E-state index contributed by atoms with van der Waals surface area (Å²) in [7, 11) is 1.64. The Hall–Kier alpha value is -1.56. The van der Waals surface area contributed by atoms with Crippen LogP contribution in [0.5, 0.6) is 5.75 Å². The Morgan fingerprint density at radius 2 is 2.37 bits per heavy atom. The molecule has 6 heteroatoms. The molecule has 1 unspecified atom stereocenters. The maximum absolute atomic E-state index is 9.22. The largest absolute Gasteiger partial charge is 0.490 e. The summed E-state index contributed by atoms with van der Waals surface area (Å²) in [6.45, 7) is 4.90. The summed E-state index contributed by atoms with van der Waals surface area (Å²) in [5.41, 5.74) is 0. The van der Waals surface area contributed by atoms with Crippen molar-refractivity contribution in [2.75, 3.05) is 43.6 Å². The van der Waals surface area contributed by atoms with Crippen molar-refractivity contribution in [1.82, 2.24) is 9.97 Å². The van der Waals surface area contributed by atoms with Crippen molar-refractivity contribution in [2.45, 2.75) is 19.8 Å². The first-order valence-electron chi connectivity index (χ1n) is 6.78. The SMILES string of the molecule is CCCNc1ncnc(N2CCC(CO)C2)c1OC. The molecule has 1 fully saturated rings. The predicted molar refractivity (Wildman–Crippen MR) is 74.8 cm³/mol. The number of aliphatic hydroxyl groups is 1. The summed E-state index contributed by atoms with van der Waals surface area (Å²) in [5.74, 6) is 2.56. The molecule has 2 rings (SSSR count). The van der Waals surface area contributed by atoms with Crippen molar-refractivity contribution in [1.29, 1.82) is 0 Å². The highest BCUT2D eigenvalue weighted by atomic mass is 16.5. The number of anilines is 2. The van der Waals surface area contributed by atoms with Gasteiger partial charge in [0.1, 0.15) is 6.33 Å². The second-order valence-electron chi connectivity index (χ2n) is 4.79. The molecule has 0 saturated carbocycles. The molecule has 1 aliphatic heterocycles. The molecule has 0 radical (unpaired) electrons. The van der Waals surface area contributed by atoms with Crippen molar-refractivity contribution in [3.63, 3.8) is 0 Å². The van der Waals surface area contributed by atoms with Gasteiger partial charge in [0, 0.05) is 32.2 Å². The van der Waals surface area contributed by atoms with E-state index < -0.39 is 0 Å². The van der Waals surface area contributed by atoms with Crippen molar-refractivity contribution in [3.8, 4) is 5.75 Å². The molecule has 106 valence electrons. The van der Waals surface area contributed by atoms with Gasteiger partial charge in [0.25, 0.3) is 0 Å². The van der Waals surface area contributed by atoms with E-state index in [9.17, 15) is 5.11 Å². The second kappa shape index (κ2) is 6.56. The maximum Gasteiger partial charge on any atom is 0.204 e. The Bertz CT molecular complexity index is 414. The molecule has 1 aromatic rings. The monoisotopic (exact) mass is 266 g/mol. The van der Waals surface area contributed by atoms with Crippen molar-refractivity contribution < 1.29 is 9.84 Å². The maximum atomic E-state index is 9.22. The third kappa shape index (κ3) is 3.07. The molecule has 1 aliphatic rings. The molecule has 1 aromatic heterocycles. The third-order valence-electron chi connectivity index (χ3n) is 3.38. The summed E-state index contributed by atoms with van der Waals surface area (Å²) in [4.78, 5) is 10.7. The zero-order valence-electron chi connectivity index (χ0n) is 11.6. The fraction of sp³-hybridized carbons (Fsp3) is 0.692. The number of rotatable bonds is 6. The van der Waals surface area contributed by atoms with Gasteiger partial charge in [-0.15, -0.1) is 0 Å². The number of ether oxygens (including phenoxy) is 1. The van der Waals surface area contributed by atoms with Gasteiger partial charge < -0.3 is 20.1 Å². The van der Waals surface area contributed by atoms with Crippen molar-refractivity contribution in [3.05, 3.63) is 6.33 Å². The fourth-order valence-corrected chi connectivity index (χ4v) is 2.32. The van der Waals surface area contributed by atoms with Crippen LogP contribution < -0.4 is 15.0 Å². The number of aliphatic hydroxyl groups excluding tert-OH is 1. The summed E-state index contributed by atoms with van der Waals surface area (Å²) in [5, 5.41) is 12.5. The Labute approximate surface area is 113 Å². The van der Waals surface area contributed by atoms with Gasteiger partial charge in [-0.25, -0.2) is 9.97 Å². The van der Waals surface area contributed by atoms with Gasteiger partial charge in [-0.1, -0.05) is 6.92 Å². The molecule has 0 spiro atoms. The van der Waals surface area contributed by atoms with E-state index in [2.05, 4.69) is 27.1 Å². The lowest BCUT2D eigenvalue weighted by atomic mass is 10.1. The average molecular weight is 266 g/mol. The van der Waals surface area contributed by atoms with E-state index in [0.717, 1.165) is 44.1 Å². The van der Waals surface area contributed by atoms with Crippen LogP contribution in [0.4, 0.5) is 11.6 Å². The van der Waals surface area contributed by atoms with Crippen LogP contribution in [0.3, 0.4) is 0 Å². The van der Waals surface area contributed by atoms with Gasteiger partial charge in [0.15, 0.2) is 11.6 Å². The van der Waals surface area contributed by atoms with Crippen LogP contribution in [0.25, 0.3) is 0 Å². The Balaban J connectivity index is 2.20. The Kier molecular flexibility index (Phi) is 4.79. The minimum Gasteiger partial charge on any atom is -0.490 e. The zero-order valence-corrected chi connectivity index (χ0v) is 11.6. The van der Waals surface area contributed by atoms with E-state index in [-0.39, 0.29) is 6.61 Å². The van der Waals surface area contributed by atoms with Gasteiger partial charge in [-0.2, -0.15) is 0 Å². The highest BCUT2D eigenvalue weighted by Crippen LogP contribution is 2.34. The van der Waals surface area contributed by atoms with Crippen LogP contribution in [-0.2, 0) is 0 Å². The van der Waals surface area contributed by atoms with E-state index in [1.807, 2.05) is 0 Å². The highest BCUT2D eigenvalue weighted by molar-refractivity contribution is 5.65. The minimum absolute atomic E-state index is 0.227. The van der Waals surface area contributed by atoms with Gasteiger partial charge in [-0.3, -0.25) is 0 Å². The number of aromatic nitrogens is 2. The molecule has 1 saturated heterocycles. The summed E-state index contributed by atoms with van der Waals surface area (Å²) in [6.07, 6.45) is 3.57. The van der Waals surface area contributed by atoms with Gasteiger partial charge in [0.05, 0.1) is 7.11 Å². The summed E-state index contributed by atoms with van der Waals surface area (Å²) < 4.78 is 5.46. The Morgan fingerprint density at radius 1 is 1.53 bits per heavy atom. The van der Waals surface area contributed by atoms with E-state index in [1.54, 1.807) is 13.4 Å². The quantitative estimate of drug-likeness (QED) is 0.804. The lowest BCUT2D eigenvalue weighted by molar-refractivity contribution is 0.238. The first-order valence-corrected chi connectivity index (χ1v) is 6.78. The first-order chi connectivity index (χ1) is 9.30. The normalized spacial score (nSPS) is 18.7. The molecule has 2 N–H and O–H groups in total. The smallest absolute Gasteiger partial charge is 0.204 e. The fourth-order valence-electron chi connectivity index (χ4n) is 2.32. The minimum atomic E-state index is 0.227. The van der Waals surface area contributed by atoms with Crippen LogP contribution in [-0.4, -0.2) is 48.4 Å². The van der Waals surface area contributed by atoms with E-state index in [1.165, 1.54) is 0 Å². The van der Waals surface area contributed by atoms with Crippen molar-refractivity contribution >= 4 is 11.6 Å². The molecular formula is C13H22N4O2. The standard InChI is InChI=1S/C13H22N4O2/c1-3-5-14-12-11(19-2)13(16-9-15-12)17-6-4-10(7-17)8-18/h9-10,18H,3-8H2,1-2H3,(H,14,15,16). The van der Waals surface area contributed by atoms with E-state index in [4.69, 9.17) is 4.74 Å². The molecule has 0 aliphatic carbocycles. The van der Waals surface area contributed by atoms with E-state index >= 15 is 0 Å². The predicted octanol–water partition coefficient (Wildman–Crippen LogP) is 1.13. The molecule has 0 aromatic carbocycles. The number of methoxy groups -OCH3 is 1. The lowest BCUT2D eigenvalue weighted by Gasteiger charge is -2.21.